The smallest absolute Gasteiger partial charge is 0.270 e. The molecule has 2 aliphatic carbocycles. The van der Waals surface area contributed by atoms with E-state index in [0.29, 0.717) is 17.5 Å². The zero-order valence-corrected chi connectivity index (χ0v) is 14.9. The topological polar surface area (TPSA) is 76.0 Å². The number of aryl methyl sites for hydroxylation is 1. The fourth-order valence-electron chi connectivity index (χ4n) is 3.78. The Hall–Kier alpha value is -2.63. The summed E-state index contributed by atoms with van der Waals surface area (Å²) < 4.78 is 1.53. The predicted octanol–water partition coefficient (Wildman–Crippen LogP) is 2.59. The molecule has 6 nitrogen and oxygen atoms in total. The van der Waals surface area contributed by atoms with Crippen LogP contribution in [0.3, 0.4) is 0 Å². The highest BCUT2D eigenvalue weighted by Crippen LogP contribution is 2.50. The molecule has 2 aromatic rings. The molecule has 2 N–H and O–H groups in total. The zero-order valence-electron chi connectivity index (χ0n) is 14.9. The molecular weight excluding hydrogens is 328 g/mol. The van der Waals surface area contributed by atoms with Crippen LogP contribution in [-0.2, 0) is 11.8 Å². The lowest BCUT2D eigenvalue weighted by molar-refractivity contribution is -0.119. The van der Waals surface area contributed by atoms with Gasteiger partial charge in [0.2, 0.25) is 5.91 Å². The van der Waals surface area contributed by atoms with Gasteiger partial charge in [-0.15, -0.1) is 0 Å². The highest BCUT2D eigenvalue weighted by Gasteiger charge is 2.48. The van der Waals surface area contributed by atoms with Crippen molar-refractivity contribution < 1.29 is 9.59 Å². The fourth-order valence-corrected chi connectivity index (χ4v) is 3.78. The van der Waals surface area contributed by atoms with Gasteiger partial charge in [0.1, 0.15) is 11.7 Å². The molecular formula is C20H24N4O2. The average molecular weight is 352 g/mol. The van der Waals surface area contributed by atoms with Crippen LogP contribution in [0.15, 0.2) is 42.6 Å². The summed E-state index contributed by atoms with van der Waals surface area (Å²) in [4.78, 5) is 25.8. The maximum absolute atomic E-state index is 13.1. The van der Waals surface area contributed by atoms with Gasteiger partial charge in [-0.3, -0.25) is 14.3 Å². The Balaban J connectivity index is 1.55. The molecule has 2 fully saturated rings. The molecule has 0 aliphatic heterocycles. The van der Waals surface area contributed by atoms with Crippen LogP contribution in [-0.4, -0.2) is 27.6 Å². The lowest BCUT2D eigenvalue weighted by Crippen LogP contribution is -2.50. The number of rotatable bonds is 7. The first kappa shape index (κ1) is 16.8. The number of amides is 2. The highest BCUT2D eigenvalue weighted by molar-refractivity contribution is 6.00. The third-order valence-corrected chi connectivity index (χ3v) is 5.38. The molecule has 0 radical (unpaired) electrons. The molecule has 2 aliphatic rings. The van der Waals surface area contributed by atoms with Crippen molar-refractivity contribution in [3.63, 3.8) is 0 Å². The minimum atomic E-state index is -0.516. The molecule has 1 atom stereocenters. The number of nitrogens with zero attached hydrogens (tertiary/aromatic N) is 2. The Morgan fingerprint density at radius 1 is 1.08 bits per heavy atom. The lowest BCUT2D eigenvalue weighted by Gasteiger charge is -2.27. The van der Waals surface area contributed by atoms with Gasteiger partial charge in [-0.2, -0.15) is 5.10 Å². The molecule has 6 heteroatoms. The highest BCUT2D eigenvalue weighted by atomic mass is 16.2. The van der Waals surface area contributed by atoms with Crippen LogP contribution >= 0.6 is 0 Å². The summed E-state index contributed by atoms with van der Waals surface area (Å²) >= 11 is 0. The Kier molecular flexibility index (Phi) is 4.49. The van der Waals surface area contributed by atoms with Crippen molar-refractivity contribution in [2.24, 2.45) is 24.8 Å². The maximum Gasteiger partial charge on any atom is 0.270 e. The van der Waals surface area contributed by atoms with Gasteiger partial charge in [0.25, 0.3) is 5.91 Å². The zero-order chi connectivity index (χ0) is 18.1. The van der Waals surface area contributed by atoms with E-state index in [1.807, 2.05) is 30.3 Å². The van der Waals surface area contributed by atoms with Gasteiger partial charge >= 0.3 is 0 Å². The number of carbonyl (C=O) groups excluding carboxylic acids is 2. The molecule has 1 aromatic heterocycles. The Labute approximate surface area is 153 Å². The molecule has 136 valence electrons. The van der Waals surface area contributed by atoms with E-state index >= 15 is 0 Å². The van der Waals surface area contributed by atoms with Gasteiger partial charge in [-0.05, 0) is 61.6 Å². The standard InChI is InChI=1S/C20H24N4O2/c1-24-16(11-12-21-24)19(25)23-18(17(13-7-8-13)14-9-10-14)20(26)22-15-5-3-2-4-6-15/h2-6,11-14,17-18H,7-10H2,1H3,(H,22,26)(H,23,25)/t18-/m0/s1. The summed E-state index contributed by atoms with van der Waals surface area (Å²) in [5.74, 6) is 0.928. The third kappa shape index (κ3) is 3.64. The van der Waals surface area contributed by atoms with E-state index in [0.717, 1.165) is 31.4 Å². The van der Waals surface area contributed by atoms with E-state index in [1.165, 1.54) is 4.68 Å². The van der Waals surface area contributed by atoms with Crippen LogP contribution in [0, 0.1) is 17.8 Å². The van der Waals surface area contributed by atoms with Gasteiger partial charge in [-0.1, -0.05) is 18.2 Å². The molecule has 2 amide bonds. The van der Waals surface area contributed by atoms with Crippen LogP contribution in [0.1, 0.15) is 36.2 Å². The molecule has 2 saturated carbocycles. The van der Waals surface area contributed by atoms with Crippen LogP contribution in [0.2, 0.25) is 0 Å². The van der Waals surface area contributed by atoms with E-state index in [4.69, 9.17) is 0 Å². The summed E-state index contributed by atoms with van der Waals surface area (Å²) in [7, 11) is 1.73. The van der Waals surface area contributed by atoms with Gasteiger partial charge < -0.3 is 10.6 Å². The van der Waals surface area contributed by atoms with Crippen molar-refractivity contribution >= 4 is 17.5 Å². The quantitative estimate of drug-likeness (QED) is 0.804. The summed E-state index contributed by atoms with van der Waals surface area (Å²) in [6.07, 6.45) is 6.19. The number of hydrogen-bond acceptors (Lipinski definition) is 3. The number of benzene rings is 1. The summed E-state index contributed by atoms with van der Waals surface area (Å²) in [6, 6.07) is 10.6. The van der Waals surface area contributed by atoms with Gasteiger partial charge in [0.05, 0.1) is 0 Å². The molecule has 26 heavy (non-hydrogen) atoms. The van der Waals surface area contributed by atoms with Crippen LogP contribution in [0.5, 0.6) is 0 Å². The van der Waals surface area contributed by atoms with E-state index in [9.17, 15) is 9.59 Å². The van der Waals surface area contributed by atoms with Crippen molar-refractivity contribution in [1.29, 1.82) is 0 Å². The Morgan fingerprint density at radius 3 is 2.27 bits per heavy atom. The number of nitrogens with one attached hydrogen (secondary N) is 2. The van der Waals surface area contributed by atoms with E-state index in [2.05, 4.69) is 15.7 Å². The monoisotopic (exact) mass is 352 g/mol. The van der Waals surface area contributed by atoms with Gasteiger partial charge in [-0.25, -0.2) is 0 Å². The van der Waals surface area contributed by atoms with Crippen LogP contribution < -0.4 is 10.6 Å². The Bertz CT molecular complexity index is 781. The largest absolute Gasteiger partial charge is 0.339 e. The molecule has 0 unspecified atom stereocenters. The second-order valence-electron chi connectivity index (χ2n) is 7.40. The second-order valence-corrected chi connectivity index (χ2v) is 7.40. The fraction of sp³-hybridized carbons (Fsp3) is 0.450. The number of hydrogen-bond donors (Lipinski definition) is 2. The lowest BCUT2D eigenvalue weighted by atomic mass is 9.88. The third-order valence-electron chi connectivity index (χ3n) is 5.38. The van der Waals surface area contributed by atoms with Crippen LogP contribution in [0.4, 0.5) is 5.69 Å². The molecule has 4 rings (SSSR count). The SMILES string of the molecule is Cn1nccc1C(=O)N[C@H](C(=O)Nc1ccccc1)C(C1CC1)C1CC1. The molecule has 1 aromatic carbocycles. The number of carbonyl (C=O) groups is 2. The van der Waals surface area contributed by atoms with E-state index < -0.39 is 6.04 Å². The van der Waals surface area contributed by atoms with E-state index in [1.54, 1.807) is 19.3 Å². The number of para-hydroxylation sites is 1. The van der Waals surface area contributed by atoms with Gasteiger partial charge in [0, 0.05) is 18.9 Å². The molecule has 1 heterocycles. The first-order valence-electron chi connectivity index (χ1n) is 9.28. The first-order valence-corrected chi connectivity index (χ1v) is 9.28. The second kappa shape index (κ2) is 6.94. The number of aromatic nitrogens is 2. The molecule has 0 bridgehead atoms. The summed E-state index contributed by atoms with van der Waals surface area (Å²) in [6.45, 7) is 0. The number of anilines is 1. The van der Waals surface area contributed by atoms with Crippen molar-refractivity contribution in [2.45, 2.75) is 31.7 Å². The predicted molar refractivity (Wildman–Crippen MR) is 98.5 cm³/mol. The Morgan fingerprint density at radius 2 is 1.73 bits per heavy atom. The van der Waals surface area contributed by atoms with Crippen LogP contribution in [0.25, 0.3) is 0 Å². The summed E-state index contributed by atoms with van der Waals surface area (Å²) in [5, 5.41) is 10.0. The van der Waals surface area contributed by atoms with Crippen molar-refractivity contribution in [3.05, 3.63) is 48.3 Å². The molecule has 0 saturated heterocycles. The van der Waals surface area contributed by atoms with Crippen molar-refractivity contribution in [1.82, 2.24) is 15.1 Å². The molecule has 0 spiro atoms. The van der Waals surface area contributed by atoms with Gasteiger partial charge in [0.15, 0.2) is 0 Å². The minimum Gasteiger partial charge on any atom is -0.339 e. The van der Waals surface area contributed by atoms with Crippen molar-refractivity contribution in [2.75, 3.05) is 5.32 Å². The average Bonchev–Trinajstić information content (AvgIpc) is 3.56. The minimum absolute atomic E-state index is 0.129. The normalized spacial score (nSPS) is 17.8. The van der Waals surface area contributed by atoms with E-state index in [-0.39, 0.29) is 17.7 Å². The van der Waals surface area contributed by atoms with Crippen molar-refractivity contribution in [3.8, 4) is 0 Å². The maximum atomic E-state index is 13.1. The summed E-state index contributed by atoms with van der Waals surface area (Å²) in [5.41, 5.74) is 1.22. The first-order chi connectivity index (χ1) is 12.6.